The van der Waals surface area contributed by atoms with Gasteiger partial charge in [0.05, 0.1) is 5.56 Å². The van der Waals surface area contributed by atoms with E-state index in [4.69, 9.17) is 5.11 Å². The Bertz CT molecular complexity index is 561. The van der Waals surface area contributed by atoms with Gasteiger partial charge in [-0.05, 0) is 30.4 Å². The van der Waals surface area contributed by atoms with Crippen LogP contribution in [0.1, 0.15) is 44.5 Å². The van der Waals surface area contributed by atoms with Gasteiger partial charge in [-0.25, -0.2) is 4.39 Å². The van der Waals surface area contributed by atoms with Crippen molar-refractivity contribution in [2.45, 2.75) is 46.2 Å². The summed E-state index contributed by atoms with van der Waals surface area (Å²) in [5.41, 5.74) is -0.0910. The van der Waals surface area contributed by atoms with E-state index in [0.29, 0.717) is 6.42 Å². The van der Waals surface area contributed by atoms with Crippen LogP contribution in [0.15, 0.2) is 24.3 Å². The molecule has 0 radical (unpaired) electrons. The van der Waals surface area contributed by atoms with Crippen molar-refractivity contribution >= 4 is 11.8 Å². The standard InChI is InChI=1S/C18H27FN2O3/c1-11(2)15(9-10-22)20-18(24)16(12(3)4)21-17(23)13-7-5-6-8-14(13)19/h5-8,11-12,15-16,22H,9-10H2,1-4H3,(H,20,24)(H,21,23). The monoisotopic (exact) mass is 338 g/mol. The maximum absolute atomic E-state index is 13.7. The van der Waals surface area contributed by atoms with E-state index in [-0.39, 0.29) is 36.0 Å². The lowest BCUT2D eigenvalue weighted by Gasteiger charge is -2.27. The first-order chi connectivity index (χ1) is 11.3. The van der Waals surface area contributed by atoms with Crippen molar-refractivity contribution in [2.75, 3.05) is 6.61 Å². The van der Waals surface area contributed by atoms with Crippen LogP contribution in [-0.2, 0) is 4.79 Å². The molecule has 0 aromatic heterocycles. The van der Waals surface area contributed by atoms with Crippen molar-refractivity contribution in [1.29, 1.82) is 0 Å². The van der Waals surface area contributed by atoms with Crippen molar-refractivity contribution < 1.29 is 19.1 Å². The van der Waals surface area contributed by atoms with Crippen molar-refractivity contribution in [1.82, 2.24) is 10.6 Å². The van der Waals surface area contributed by atoms with Gasteiger partial charge in [0.25, 0.3) is 5.91 Å². The highest BCUT2D eigenvalue weighted by molar-refractivity contribution is 5.97. The average molecular weight is 338 g/mol. The molecule has 0 aliphatic heterocycles. The first-order valence-electron chi connectivity index (χ1n) is 8.24. The van der Waals surface area contributed by atoms with Crippen LogP contribution in [0.4, 0.5) is 4.39 Å². The molecule has 0 heterocycles. The number of hydrogen-bond acceptors (Lipinski definition) is 3. The first kappa shape index (κ1) is 20.1. The molecule has 1 aromatic rings. The van der Waals surface area contributed by atoms with Gasteiger partial charge in [0.1, 0.15) is 11.9 Å². The van der Waals surface area contributed by atoms with Crippen LogP contribution in [0.25, 0.3) is 0 Å². The van der Waals surface area contributed by atoms with Gasteiger partial charge >= 0.3 is 0 Å². The average Bonchev–Trinajstić information content (AvgIpc) is 2.51. The summed E-state index contributed by atoms with van der Waals surface area (Å²) in [6.45, 7) is 7.48. The molecule has 2 atom stereocenters. The molecule has 5 nitrogen and oxygen atoms in total. The topological polar surface area (TPSA) is 78.4 Å². The smallest absolute Gasteiger partial charge is 0.254 e. The summed E-state index contributed by atoms with van der Waals surface area (Å²) in [6, 6.07) is 4.68. The van der Waals surface area contributed by atoms with Gasteiger partial charge in [0.2, 0.25) is 5.91 Å². The minimum absolute atomic E-state index is 0.0307. The highest BCUT2D eigenvalue weighted by Crippen LogP contribution is 2.11. The minimum atomic E-state index is -0.781. The number of amides is 2. The molecule has 1 aromatic carbocycles. The van der Waals surface area contributed by atoms with Crippen LogP contribution in [0.2, 0.25) is 0 Å². The molecule has 6 heteroatoms. The Labute approximate surface area is 142 Å². The highest BCUT2D eigenvalue weighted by atomic mass is 19.1. The second-order valence-electron chi connectivity index (χ2n) is 6.55. The summed E-state index contributed by atoms with van der Waals surface area (Å²) in [5.74, 6) is -1.59. The second kappa shape index (κ2) is 9.37. The van der Waals surface area contributed by atoms with Crippen LogP contribution in [0, 0.1) is 17.7 Å². The van der Waals surface area contributed by atoms with Crippen LogP contribution >= 0.6 is 0 Å². The van der Waals surface area contributed by atoms with E-state index >= 15 is 0 Å². The highest BCUT2D eigenvalue weighted by Gasteiger charge is 2.27. The number of hydrogen-bond donors (Lipinski definition) is 3. The van der Waals surface area contributed by atoms with Gasteiger partial charge in [-0.1, -0.05) is 39.8 Å². The fraction of sp³-hybridized carbons (Fsp3) is 0.556. The molecule has 0 spiro atoms. The van der Waals surface area contributed by atoms with Gasteiger partial charge in [0, 0.05) is 12.6 Å². The third-order valence-corrected chi connectivity index (χ3v) is 3.93. The predicted molar refractivity (Wildman–Crippen MR) is 91.0 cm³/mol. The number of rotatable bonds is 8. The van der Waals surface area contributed by atoms with E-state index in [1.54, 1.807) is 6.07 Å². The van der Waals surface area contributed by atoms with Crippen LogP contribution in [0.3, 0.4) is 0 Å². The lowest BCUT2D eigenvalue weighted by Crippen LogP contribution is -2.53. The van der Waals surface area contributed by atoms with Crippen molar-refractivity contribution in [2.24, 2.45) is 11.8 Å². The molecular formula is C18H27FN2O3. The lowest BCUT2D eigenvalue weighted by atomic mass is 9.98. The Morgan fingerprint density at radius 1 is 1.08 bits per heavy atom. The fourth-order valence-electron chi connectivity index (χ4n) is 2.38. The van der Waals surface area contributed by atoms with Gasteiger partial charge in [-0.3, -0.25) is 9.59 Å². The van der Waals surface area contributed by atoms with E-state index in [1.807, 2.05) is 27.7 Å². The van der Waals surface area contributed by atoms with E-state index in [1.165, 1.54) is 18.2 Å². The molecular weight excluding hydrogens is 311 g/mol. The van der Waals surface area contributed by atoms with Crippen LogP contribution in [0.5, 0.6) is 0 Å². The summed E-state index contributed by atoms with van der Waals surface area (Å²) in [5, 5.41) is 14.6. The lowest BCUT2D eigenvalue weighted by molar-refractivity contribution is -0.125. The Hall–Kier alpha value is -1.95. The number of aliphatic hydroxyl groups is 1. The summed E-state index contributed by atoms with van der Waals surface area (Å²) in [6.07, 6.45) is 0.440. The molecule has 2 amide bonds. The maximum Gasteiger partial charge on any atom is 0.254 e. The number of benzene rings is 1. The molecule has 24 heavy (non-hydrogen) atoms. The second-order valence-corrected chi connectivity index (χ2v) is 6.55. The zero-order valence-electron chi connectivity index (χ0n) is 14.7. The molecule has 0 fully saturated rings. The van der Waals surface area contributed by atoms with E-state index in [2.05, 4.69) is 10.6 Å². The Morgan fingerprint density at radius 3 is 2.21 bits per heavy atom. The Kier molecular flexibility index (Phi) is 7.85. The summed E-state index contributed by atoms with van der Waals surface area (Å²) < 4.78 is 13.7. The molecule has 0 saturated carbocycles. The zero-order valence-corrected chi connectivity index (χ0v) is 14.7. The Balaban J connectivity index is 2.85. The number of aliphatic hydroxyl groups excluding tert-OH is 1. The molecule has 0 bridgehead atoms. The number of nitrogens with one attached hydrogen (secondary N) is 2. The molecule has 3 N–H and O–H groups in total. The number of carbonyl (C=O) groups is 2. The summed E-state index contributed by atoms with van der Waals surface area (Å²) in [4.78, 5) is 24.8. The number of halogens is 1. The predicted octanol–water partition coefficient (Wildman–Crippen LogP) is 2.10. The van der Waals surface area contributed by atoms with Crippen molar-refractivity contribution in [3.8, 4) is 0 Å². The molecule has 0 aliphatic carbocycles. The summed E-state index contributed by atoms with van der Waals surface area (Å²) >= 11 is 0. The molecule has 0 saturated heterocycles. The van der Waals surface area contributed by atoms with Crippen LogP contribution < -0.4 is 10.6 Å². The Morgan fingerprint density at radius 2 is 1.71 bits per heavy atom. The maximum atomic E-state index is 13.7. The summed E-state index contributed by atoms with van der Waals surface area (Å²) in [7, 11) is 0. The van der Waals surface area contributed by atoms with Crippen molar-refractivity contribution in [3.05, 3.63) is 35.6 Å². The normalized spacial score (nSPS) is 13.7. The van der Waals surface area contributed by atoms with Gasteiger partial charge in [-0.2, -0.15) is 0 Å². The molecule has 0 aliphatic rings. The third-order valence-electron chi connectivity index (χ3n) is 3.93. The first-order valence-corrected chi connectivity index (χ1v) is 8.24. The molecule has 2 unspecified atom stereocenters. The quantitative estimate of drug-likeness (QED) is 0.679. The molecule has 134 valence electrons. The largest absolute Gasteiger partial charge is 0.396 e. The molecule has 1 rings (SSSR count). The van der Waals surface area contributed by atoms with Gasteiger partial charge in [-0.15, -0.1) is 0 Å². The van der Waals surface area contributed by atoms with Gasteiger partial charge < -0.3 is 15.7 Å². The van der Waals surface area contributed by atoms with Crippen LogP contribution in [-0.4, -0.2) is 35.6 Å². The zero-order chi connectivity index (χ0) is 18.3. The third kappa shape index (κ3) is 5.60. The van der Waals surface area contributed by atoms with E-state index in [0.717, 1.165) is 0 Å². The van der Waals surface area contributed by atoms with Crippen molar-refractivity contribution in [3.63, 3.8) is 0 Å². The van der Waals surface area contributed by atoms with E-state index in [9.17, 15) is 14.0 Å². The SMILES string of the molecule is CC(C)C(CCO)NC(=O)C(NC(=O)c1ccccc1F)C(C)C. The number of carbonyl (C=O) groups excluding carboxylic acids is 2. The van der Waals surface area contributed by atoms with Gasteiger partial charge in [0.15, 0.2) is 0 Å². The fourth-order valence-corrected chi connectivity index (χ4v) is 2.38. The van der Waals surface area contributed by atoms with E-state index < -0.39 is 17.8 Å². The minimum Gasteiger partial charge on any atom is -0.396 e.